The number of hydrogen-bond donors (Lipinski definition) is 2. The molecule has 0 unspecified atom stereocenters. The Balaban J connectivity index is 1.96. The van der Waals surface area contributed by atoms with Gasteiger partial charge in [-0.3, -0.25) is 9.10 Å². The first kappa shape index (κ1) is 27.3. The molecule has 3 aromatic carbocycles. The smallest absolute Gasteiger partial charge is 0.416 e. The molecule has 2 N–H and O–H groups in total. The number of benzene rings is 3. The molecule has 0 radical (unpaired) electrons. The SMILES string of the molecule is C=C(C(=O)O)N(Cc1ccccc1NC(=O)c1cccc(C(F)(F)F)c1)S(=O)(=O)c1ccc(OC)cc1. The average molecular weight is 535 g/mol. The highest BCUT2D eigenvalue weighted by Crippen LogP contribution is 2.30. The summed E-state index contributed by atoms with van der Waals surface area (Å²) in [7, 11) is -3.03. The van der Waals surface area contributed by atoms with E-state index in [1.165, 1.54) is 61.7 Å². The molecule has 0 aliphatic rings. The molecule has 12 heteroatoms. The van der Waals surface area contributed by atoms with Crippen LogP contribution in [0, 0.1) is 0 Å². The van der Waals surface area contributed by atoms with E-state index < -0.39 is 45.9 Å². The number of carbonyl (C=O) groups excluding carboxylic acids is 1. The second-order valence-corrected chi connectivity index (χ2v) is 9.49. The number of carboxylic acid groups (broad SMARTS) is 1. The van der Waals surface area contributed by atoms with Crippen molar-refractivity contribution in [2.75, 3.05) is 12.4 Å². The maximum absolute atomic E-state index is 13.3. The lowest BCUT2D eigenvalue weighted by Gasteiger charge is -2.25. The maximum atomic E-state index is 13.3. The molecule has 0 aromatic heterocycles. The number of amides is 1. The highest BCUT2D eigenvalue weighted by molar-refractivity contribution is 7.89. The molecule has 8 nitrogen and oxygen atoms in total. The highest BCUT2D eigenvalue weighted by Gasteiger charge is 2.32. The van der Waals surface area contributed by atoms with Crippen LogP contribution >= 0.6 is 0 Å². The van der Waals surface area contributed by atoms with Crippen LogP contribution in [-0.2, 0) is 27.5 Å². The van der Waals surface area contributed by atoms with Crippen molar-refractivity contribution in [3.05, 3.63) is 102 Å². The summed E-state index contributed by atoms with van der Waals surface area (Å²) < 4.78 is 71.4. The van der Waals surface area contributed by atoms with Gasteiger partial charge in [0.25, 0.3) is 15.9 Å². The van der Waals surface area contributed by atoms with Crippen LogP contribution in [0.5, 0.6) is 5.75 Å². The van der Waals surface area contributed by atoms with E-state index in [4.69, 9.17) is 4.74 Å². The van der Waals surface area contributed by atoms with Crippen molar-refractivity contribution < 1.29 is 41.0 Å². The molecule has 3 rings (SSSR count). The van der Waals surface area contributed by atoms with Gasteiger partial charge in [0.15, 0.2) is 0 Å². The van der Waals surface area contributed by atoms with Crippen LogP contribution in [0.25, 0.3) is 0 Å². The topological polar surface area (TPSA) is 113 Å². The van der Waals surface area contributed by atoms with Crippen molar-refractivity contribution in [3.63, 3.8) is 0 Å². The minimum absolute atomic E-state index is 0.0676. The summed E-state index contributed by atoms with van der Waals surface area (Å²) in [5, 5.41) is 12.0. The van der Waals surface area contributed by atoms with Crippen LogP contribution in [0.15, 0.2) is 90.0 Å². The van der Waals surface area contributed by atoms with Gasteiger partial charge < -0.3 is 15.2 Å². The number of methoxy groups -OCH3 is 1. The van der Waals surface area contributed by atoms with Crippen molar-refractivity contribution in [2.24, 2.45) is 0 Å². The first-order valence-electron chi connectivity index (χ1n) is 10.5. The van der Waals surface area contributed by atoms with Crippen molar-refractivity contribution in [1.82, 2.24) is 4.31 Å². The van der Waals surface area contributed by atoms with Crippen molar-refractivity contribution >= 4 is 27.6 Å². The van der Waals surface area contributed by atoms with Gasteiger partial charge in [-0.05, 0) is 54.1 Å². The van der Waals surface area contributed by atoms with E-state index in [1.807, 2.05) is 0 Å². The van der Waals surface area contributed by atoms with Crippen LogP contribution in [0.3, 0.4) is 0 Å². The third-order valence-electron chi connectivity index (χ3n) is 5.23. The molecule has 0 atom stereocenters. The molecule has 0 fully saturated rings. The van der Waals surface area contributed by atoms with E-state index in [1.54, 1.807) is 0 Å². The standard InChI is InChI=1S/C25H21F3N2O6S/c1-16(24(32)33)30(37(34,35)21-12-10-20(36-2)11-13-21)15-18-6-3-4-9-22(18)29-23(31)17-7-5-8-19(14-17)25(26,27)28/h3-14H,1,15H2,2H3,(H,29,31)(H,32,33). The molecule has 0 bridgehead atoms. The third-order valence-corrected chi connectivity index (χ3v) is 7.02. The summed E-state index contributed by atoms with van der Waals surface area (Å²) in [6.07, 6.45) is -4.65. The Kier molecular flexibility index (Phi) is 7.92. The van der Waals surface area contributed by atoms with E-state index in [2.05, 4.69) is 11.9 Å². The molecule has 0 aliphatic carbocycles. The second-order valence-electron chi connectivity index (χ2n) is 7.63. The number of rotatable bonds is 9. The van der Waals surface area contributed by atoms with Gasteiger partial charge in [0.2, 0.25) is 0 Å². The van der Waals surface area contributed by atoms with Gasteiger partial charge in [-0.2, -0.15) is 13.2 Å². The molecule has 0 spiro atoms. The number of ether oxygens (including phenoxy) is 1. The minimum atomic E-state index is -4.65. The molecule has 1 amide bonds. The van der Waals surface area contributed by atoms with E-state index in [9.17, 15) is 36.3 Å². The first-order chi connectivity index (χ1) is 17.3. The van der Waals surface area contributed by atoms with Crippen LogP contribution in [0.4, 0.5) is 18.9 Å². The zero-order chi connectivity index (χ0) is 27.4. The number of para-hydroxylation sites is 1. The summed E-state index contributed by atoms with van der Waals surface area (Å²) >= 11 is 0. The number of nitrogens with zero attached hydrogens (tertiary/aromatic N) is 1. The number of alkyl halides is 3. The van der Waals surface area contributed by atoms with E-state index in [0.29, 0.717) is 16.1 Å². The predicted octanol–water partition coefficient (Wildman–Crippen LogP) is 4.76. The lowest BCUT2D eigenvalue weighted by atomic mass is 10.1. The maximum Gasteiger partial charge on any atom is 0.416 e. The highest BCUT2D eigenvalue weighted by atomic mass is 32.2. The zero-order valence-electron chi connectivity index (χ0n) is 19.3. The first-order valence-corrected chi connectivity index (χ1v) is 11.9. The number of carbonyl (C=O) groups is 2. The number of anilines is 1. The Morgan fingerprint density at radius 2 is 1.68 bits per heavy atom. The third kappa shape index (κ3) is 6.28. The van der Waals surface area contributed by atoms with Gasteiger partial charge >= 0.3 is 12.1 Å². The van der Waals surface area contributed by atoms with Gasteiger partial charge in [-0.15, -0.1) is 0 Å². The fraction of sp³-hybridized carbons (Fsp3) is 0.120. The van der Waals surface area contributed by atoms with Crippen LogP contribution in [0.2, 0.25) is 0 Å². The molecule has 194 valence electrons. The summed E-state index contributed by atoms with van der Waals surface area (Å²) in [4.78, 5) is 24.2. The molecule has 0 aliphatic heterocycles. The van der Waals surface area contributed by atoms with Gasteiger partial charge in [-0.1, -0.05) is 30.8 Å². The number of hydrogen-bond acceptors (Lipinski definition) is 5. The Morgan fingerprint density at radius 1 is 1.03 bits per heavy atom. The fourth-order valence-corrected chi connectivity index (χ4v) is 4.68. The van der Waals surface area contributed by atoms with Gasteiger partial charge in [0.1, 0.15) is 11.4 Å². The monoisotopic (exact) mass is 534 g/mol. The molecular formula is C25H21F3N2O6S. The Hall–Kier alpha value is -4.32. The zero-order valence-corrected chi connectivity index (χ0v) is 20.1. The van der Waals surface area contributed by atoms with Crippen LogP contribution < -0.4 is 10.1 Å². The van der Waals surface area contributed by atoms with Crippen LogP contribution in [0.1, 0.15) is 21.5 Å². The Morgan fingerprint density at radius 3 is 2.27 bits per heavy atom. The van der Waals surface area contributed by atoms with Gasteiger partial charge in [0.05, 0.1) is 24.1 Å². The average Bonchev–Trinajstić information content (AvgIpc) is 2.87. The van der Waals surface area contributed by atoms with E-state index in [0.717, 1.165) is 12.1 Å². The number of sulfonamides is 1. The quantitative estimate of drug-likeness (QED) is 0.383. The second kappa shape index (κ2) is 10.7. The lowest BCUT2D eigenvalue weighted by molar-refractivity contribution is -0.137. The summed E-state index contributed by atoms with van der Waals surface area (Å²) in [5.41, 5.74) is -1.81. The van der Waals surface area contributed by atoms with Crippen molar-refractivity contribution in [1.29, 1.82) is 0 Å². The summed E-state index contributed by atoms with van der Waals surface area (Å²) in [6, 6.07) is 14.9. The molecule has 0 saturated heterocycles. The number of carboxylic acids is 1. The Bertz CT molecular complexity index is 1440. The van der Waals surface area contributed by atoms with Crippen molar-refractivity contribution in [3.8, 4) is 5.75 Å². The van der Waals surface area contributed by atoms with Gasteiger partial charge in [-0.25, -0.2) is 13.2 Å². The fourth-order valence-electron chi connectivity index (χ4n) is 3.27. The molecular weight excluding hydrogens is 513 g/mol. The Labute approximate surface area is 210 Å². The van der Waals surface area contributed by atoms with Gasteiger partial charge in [0, 0.05) is 11.3 Å². The van der Waals surface area contributed by atoms with Crippen LogP contribution in [-0.4, -0.2) is 36.8 Å². The summed E-state index contributed by atoms with van der Waals surface area (Å²) in [6.45, 7) is 2.83. The number of nitrogens with one attached hydrogen (secondary N) is 1. The number of halogens is 3. The summed E-state index contributed by atoms with van der Waals surface area (Å²) in [5.74, 6) is -2.09. The largest absolute Gasteiger partial charge is 0.497 e. The predicted molar refractivity (Wildman–Crippen MR) is 128 cm³/mol. The molecule has 37 heavy (non-hydrogen) atoms. The molecule has 0 heterocycles. The van der Waals surface area contributed by atoms with E-state index in [-0.39, 0.29) is 21.7 Å². The normalized spacial score (nSPS) is 11.5. The number of aliphatic carboxylic acids is 1. The minimum Gasteiger partial charge on any atom is -0.497 e. The molecule has 0 saturated carbocycles. The molecule has 3 aromatic rings. The van der Waals surface area contributed by atoms with E-state index >= 15 is 0 Å². The lowest BCUT2D eigenvalue weighted by Crippen LogP contribution is -2.33. The van der Waals surface area contributed by atoms with Crippen molar-refractivity contribution in [2.45, 2.75) is 17.6 Å².